The van der Waals surface area contributed by atoms with Gasteiger partial charge < -0.3 is 10.6 Å². The number of pyridine rings is 1. The van der Waals surface area contributed by atoms with E-state index in [1.54, 1.807) is 10.8 Å². The van der Waals surface area contributed by atoms with Crippen molar-refractivity contribution >= 4 is 57.0 Å². The molecule has 2 N–H and O–H groups in total. The predicted molar refractivity (Wildman–Crippen MR) is 152 cm³/mol. The largest absolute Gasteiger partial charge is 0.332 e. The van der Waals surface area contributed by atoms with Gasteiger partial charge in [-0.05, 0) is 42.0 Å². The van der Waals surface area contributed by atoms with E-state index in [1.165, 1.54) is 0 Å². The van der Waals surface area contributed by atoms with Crippen molar-refractivity contribution in [3.63, 3.8) is 0 Å². The number of fused-ring (bicyclic) bond motifs is 3. The molecule has 0 unspecified atom stereocenters. The maximum atomic E-state index is 13.3. The van der Waals surface area contributed by atoms with Crippen LogP contribution in [0.5, 0.6) is 0 Å². The number of urea groups is 1. The lowest BCUT2D eigenvalue weighted by atomic mass is 10.00. The monoisotopic (exact) mass is 521 g/mol. The number of allylic oxidation sites excluding steroid dienone is 1. The molecule has 0 aliphatic carbocycles. The van der Waals surface area contributed by atoms with E-state index in [0.717, 1.165) is 57.8 Å². The predicted octanol–water partition coefficient (Wildman–Crippen LogP) is 5.62. The fourth-order valence-corrected chi connectivity index (χ4v) is 7.13. The maximum Gasteiger partial charge on any atom is 0.315 e. The summed E-state index contributed by atoms with van der Waals surface area (Å²) < 4.78 is 1.70. The summed E-state index contributed by atoms with van der Waals surface area (Å²) in [7, 11) is 0. The number of nitrogens with zero attached hydrogens (tertiary/aromatic N) is 3. The zero-order chi connectivity index (χ0) is 26.1. The highest BCUT2D eigenvalue weighted by molar-refractivity contribution is 8.00. The van der Waals surface area contributed by atoms with Crippen LogP contribution in [0.3, 0.4) is 0 Å². The zero-order valence-corrected chi connectivity index (χ0v) is 21.6. The molecule has 2 fully saturated rings. The number of benzene rings is 2. The van der Waals surface area contributed by atoms with Crippen molar-refractivity contribution in [2.75, 3.05) is 5.75 Å². The SMILES string of the molecule is N#C/C(=C\c1cccc2cnccc12)c1cn(C(=O)CCCC[C@H]2SC[C@H]3NC(=O)N[C@H]32)c2ccccc12. The van der Waals surface area contributed by atoms with E-state index >= 15 is 0 Å². The molecule has 2 aromatic heterocycles. The van der Waals surface area contributed by atoms with Gasteiger partial charge in [0.2, 0.25) is 5.91 Å². The third-order valence-electron chi connectivity index (χ3n) is 7.47. The van der Waals surface area contributed by atoms with E-state index in [0.29, 0.717) is 17.2 Å². The van der Waals surface area contributed by atoms with E-state index in [1.807, 2.05) is 78.8 Å². The number of aromatic nitrogens is 2. The highest BCUT2D eigenvalue weighted by atomic mass is 32.2. The summed E-state index contributed by atoms with van der Waals surface area (Å²) in [6.07, 6.45) is 10.4. The Bertz CT molecular complexity index is 1610. The number of amides is 2. The van der Waals surface area contributed by atoms with Crippen LogP contribution in [-0.2, 0) is 0 Å². The molecule has 2 aliphatic heterocycles. The lowest BCUT2D eigenvalue weighted by Gasteiger charge is -2.16. The molecule has 7 nitrogen and oxygen atoms in total. The molecule has 0 spiro atoms. The van der Waals surface area contributed by atoms with Gasteiger partial charge in [0.1, 0.15) is 0 Å². The Hall–Kier alpha value is -4.09. The van der Waals surface area contributed by atoms with Crippen LogP contribution in [0.4, 0.5) is 4.79 Å². The van der Waals surface area contributed by atoms with Gasteiger partial charge in [-0.25, -0.2) is 4.79 Å². The number of carbonyl (C=O) groups is 2. The Morgan fingerprint density at radius 2 is 2.03 bits per heavy atom. The molecule has 2 saturated heterocycles. The van der Waals surface area contributed by atoms with E-state index in [2.05, 4.69) is 21.7 Å². The van der Waals surface area contributed by atoms with E-state index < -0.39 is 0 Å². The number of nitrogens with one attached hydrogen (secondary N) is 2. The summed E-state index contributed by atoms with van der Waals surface area (Å²) in [6.45, 7) is 0. The van der Waals surface area contributed by atoms with Gasteiger partial charge in [0.15, 0.2) is 0 Å². The number of rotatable bonds is 7. The van der Waals surface area contributed by atoms with Gasteiger partial charge in [-0.15, -0.1) is 0 Å². The Kier molecular flexibility index (Phi) is 6.61. The normalized spacial score (nSPS) is 20.8. The van der Waals surface area contributed by atoms with Crippen LogP contribution in [-0.4, -0.2) is 44.6 Å². The van der Waals surface area contributed by atoms with E-state index in [9.17, 15) is 14.9 Å². The van der Waals surface area contributed by atoms with Crippen LogP contribution in [0.15, 0.2) is 67.1 Å². The number of thioether (sulfide) groups is 1. The average Bonchev–Trinajstić information content (AvgIpc) is 3.62. The Labute approximate surface area is 224 Å². The summed E-state index contributed by atoms with van der Waals surface area (Å²) in [5, 5.41) is 19.4. The van der Waals surface area contributed by atoms with Crippen molar-refractivity contribution in [1.82, 2.24) is 20.2 Å². The molecule has 2 aliphatic rings. The fraction of sp³-hybridized carbons (Fsp3) is 0.267. The molecular formula is C30H27N5O2S. The molecule has 0 radical (unpaired) electrons. The number of hydrogen-bond donors (Lipinski definition) is 2. The minimum atomic E-state index is -0.0704. The number of unbranched alkanes of at least 4 members (excludes halogenated alkanes) is 1. The molecule has 2 amide bonds. The van der Waals surface area contributed by atoms with Crippen molar-refractivity contribution in [2.24, 2.45) is 0 Å². The van der Waals surface area contributed by atoms with Crippen LogP contribution >= 0.6 is 11.8 Å². The molecule has 38 heavy (non-hydrogen) atoms. The smallest absolute Gasteiger partial charge is 0.315 e. The van der Waals surface area contributed by atoms with Crippen LogP contribution in [0.25, 0.3) is 33.3 Å². The highest BCUT2D eigenvalue weighted by Crippen LogP contribution is 2.34. The standard InChI is InChI=1S/C30H27N5O2S/c31-15-21(14-19-6-5-7-20-16-32-13-12-22(19)20)24-17-35(26-9-2-1-8-23(24)26)28(36)11-4-3-10-27-29-25(18-38-27)33-30(37)34-29/h1-2,5-9,12-14,16-17,25,27,29H,3-4,10-11,18H2,(H2,33,34,37)/b21-14+/t25-,27-,29-/m1/s1. The molecule has 4 heterocycles. The van der Waals surface area contributed by atoms with Crippen LogP contribution in [0, 0.1) is 11.3 Å². The zero-order valence-electron chi connectivity index (χ0n) is 20.8. The second-order valence-corrected chi connectivity index (χ2v) is 11.1. The highest BCUT2D eigenvalue weighted by Gasteiger charge is 2.42. The van der Waals surface area contributed by atoms with Crippen molar-refractivity contribution in [3.05, 3.63) is 78.2 Å². The van der Waals surface area contributed by atoms with Crippen LogP contribution in [0.1, 0.15) is 41.6 Å². The van der Waals surface area contributed by atoms with Crippen LogP contribution in [0.2, 0.25) is 0 Å². The third-order valence-corrected chi connectivity index (χ3v) is 8.98. The molecule has 2 aromatic carbocycles. The topological polar surface area (TPSA) is 99.8 Å². The molecule has 4 aromatic rings. The minimum absolute atomic E-state index is 0.0220. The first-order valence-electron chi connectivity index (χ1n) is 12.9. The first-order chi connectivity index (χ1) is 18.6. The number of hydrogen-bond acceptors (Lipinski definition) is 5. The van der Waals surface area contributed by atoms with E-state index in [-0.39, 0.29) is 24.0 Å². The van der Waals surface area contributed by atoms with Crippen molar-refractivity contribution in [1.29, 1.82) is 5.26 Å². The van der Waals surface area contributed by atoms with Crippen molar-refractivity contribution in [2.45, 2.75) is 43.0 Å². The molecular weight excluding hydrogens is 494 g/mol. The summed E-state index contributed by atoms with van der Waals surface area (Å²) in [5.41, 5.74) is 3.01. The quantitative estimate of drug-likeness (QED) is 0.187. The number of carbonyl (C=O) groups excluding carboxylic acids is 2. The first kappa shape index (κ1) is 24.3. The molecule has 0 bridgehead atoms. The lowest BCUT2D eigenvalue weighted by Crippen LogP contribution is -2.36. The maximum absolute atomic E-state index is 13.3. The number of nitriles is 1. The third kappa shape index (κ3) is 4.54. The molecule has 8 heteroatoms. The van der Waals surface area contributed by atoms with Crippen molar-refractivity contribution < 1.29 is 9.59 Å². The van der Waals surface area contributed by atoms with Gasteiger partial charge in [-0.3, -0.25) is 14.3 Å². The Balaban J connectivity index is 1.21. The van der Waals surface area contributed by atoms with Gasteiger partial charge >= 0.3 is 6.03 Å². The van der Waals surface area contributed by atoms with Gasteiger partial charge in [0, 0.05) is 52.4 Å². The second kappa shape index (κ2) is 10.3. The summed E-state index contributed by atoms with van der Waals surface area (Å²) in [5.74, 6) is 0.962. The first-order valence-corrected chi connectivity index (χ1v) is 13.9. The fourth-order valence-electron chi connectivity index (χ4n) is 5.59. The molecule has 0 saturated carbocycles. The lowest BCUT2D eigenvalue weighted by molar-refractivity contribution is 0.0904. The van der Waals surface area contributed by atoms with Gasteiger partial charge in [0.25, 0.3) is 0 Å². The van der Waals surface area contributed by atoms with Gasteiger partial charge in [-0.1, -0.05) is 42.8 Å². The summed E-state index contributed by atoms with van der Waals surface area (Å²) >= 11 is 1.90. The summed E-state index contributed by atoms with van der Waals surface area (Å²) in [4.78, 5) is 29.1. The van der Waals surface area contributed by atoms with Gasteiger partial charge in [0.05, 0.1) is 29.2 Å². The van der Waals surface area contributed by atoms with Crippen molar-refractivity contribution in [3.8, 4) is 6.07 Å². The average molecular weight is 522 g/mol. The second-order valence-electron chi connectivity index (χ2n) is 9.81. The number of para-hydroxylation sites is 1. The molecule has 3 atom stereocenters. The molecule has 190 valence electrons. The summed E-state index contributed by atoms with van der Waals surface area (Å²) in [6, 6.07) is 18.3. The van der Waals surface area contributed by atoms with E-state index in [4.69, 9.17) is 0 Å². The van der Waals surface area contributed by atoms with Crippen LogP contribution < -0.4 is 10.6 Å². The molecule has 6 rings (SSSR count). The Morgan fingerprint density at radius 1 is 1.13 bits per heavy atom. The Morgan fingerprint density at radius 3 is 2.92 bits per heavy atom. The minimum Gasteiger partial charge on any atom is -0.332 e. The van der Waals surface area contributed by atoms with Gasteiger partial charge in [-0.2, -0.15) is 17.0 Å².